The van der Waals surface area contributed by atoms with E-state index in [9.17, 15) is 14.4 Å². The van der Waals surface area contributed by atoms with Crippen LogP contribution in [-0.2, 0) is 14.3 Å². The van der Waals surface area contributed by atoms with E-state index in [-0.39, 0.29) is 23.6 Å². The summed E-state index contributed by atoms with van der Waals surface area (Å²) in [5.74, 6) is -0.521. The predicted molar refractivity (Wildman–Crippen MR) is 105 cm³/mol. The highest BCUT2D eigenvalue weighted by molar-refractivity contribution is 7.09. The third-order valence-corrected chi connectivity index (χ3v) is 5.63. The maximum atomic E-state index is 12.6. The number of nitrogens with two attached hydrogens (primary N) is 1. The maximum absolute atomic E-state index is 12.6. The van der Waals surface area contributed by atoms with Gasteiger partial charge in [-0.3, -0.25) is 14.4 Å². The lowest BCUT2D eigenvalue weighted by molar-refractivity contribution is -0.148. The summed E-state index contributed by atoms with van der Waals surface area (Å²) in [6.07, 6.45) is 1.20. The Bertz CT molecular complexity index is 659. The van der Waals surface area contributed by atoms with Crippen LogP contribution >= 0.6 is 11.3 Å². The van der Waals surface area contributed by atoms with E-state index < -0.39 is 18.0 Å². The highest BCUT2D eigenvalue weighted by Crippen LogP contribution is 2.30. The molecule has 0 saturated carbocycles. The first-order chi connectivity index (χ1) is 12.6. The predicted octanol–water partition coefficient (Wildman–Crippen LogP) is 3.16. The van der Waals surface area contributed by atoms with Crippen molar-refractivity contribution in [3.05, 3.63) is 16.1 Å². The molecular formula is C19H31N3O4S. The Morgan fingerprint density at radius 1 is 1.30 bits per heavy atom. The van der Waals surface area contributed by atoms with Crippen molar-refractivity contribution in [2.24, 2.45) is 17.6 Å². The molecule has 7 nitrogen and oxygen atoms in total. The number of primary amides is 1. The van der Waals surface area contributed by atoms with Crippen LogP contribution in [0.25, 0.3) is 0 Å². The van der Waals surface area contributed by atoms with Gasteiger partial charge in [-0.15, -0.1) is 11.3 Å². The molecule has 2 N–H and O–H groups in total. The summed E-state index contributed by atoms with van der Waals surface area (Å²) in [6, 6.07) is -0.133. The molecule has 0 bridgehead atoms. The number of thiazole rings is 1. The lowest BCUT2D eigenvalue weighted by Gasteiger charge is -2.34. The smallest absolute Gasteiger partial charge is 0.303 e. The van der Waals surface area contributed by atoms with E-state index in [0.29, 0.717) is 23.8 Å². The SMILES string of the molecule is CCC(C)CC(=O)N(C)[C@H](C[C@@H](OC(C)=O)c1nc(C(N)=O)cs1)C(C)C. The molecule has 0 spiro atoms. The topological polar surface area (TPSA) is 103 Å². The fourth-order valence-electron chi connectivity index (χ4n) is 2.82. The molecule has 27 heavy (non-hydrogen) atoms. The highest BCUT2D eigenvalue weighted by atomic mass is 32.1. The molecule has 1 rings (SSSR count). The molecule has 1 aromatic rings. The van der Waals surface area contributed by atoms with Gasteiger partial charge in [0.25, 0.3) is 5.91 Å². The van der Waals surface area contributed by atoms with Gasteiger partial charge in [-0.25, -0.2) is 4.98 Å². The summed E-state index contributed by atoms with van der Waals surface area (Å²) in [4.78, 5) is 41.5. The molecular weight excluding hydrogens is 366 g/mol. The molecule has 0 aromatic carbocycles. The minimum absolute atomic E-state index is 0.0709. The van der Waals surface area contributed by atoms with Crippen LogP contribution in [0.15, 0.2) is 5.38 Å². The van der Waals surface area contributed by atoms with E-state index in [4.69, 9.17) is 10.5 Å². The van der Waals surface area contributed by atoms with Gasteiger partial charge in [0, 0.05) is 38.2 Å². The van der Waals surface area contributed by atoms with Crippen molar-refractivity contribution < 1.29 is 19.1 Å². The number of aromatic nitrogens is 1. The molecule has 3 atom stereocenters. The summed E-state index contributed by atoms with van der Waals surface area (Å²) < 4.78 is 5.46. The second kappa shape index (κ2) is 10.4. The van der Waals surface area contributed by atoms with Gasteiger partial charge in [-0.1, -0.05) is 34.1 Å². The summed E-state index contributed by atoms with van der Waals surface area (Å²) >= 11 is 1.22. The molecule has 1 aromatic heterocycles. The fraction of sp³-hybridized carbons (Fsp3) is 0.684. The zero-order chi connectivity index (χ0) is 20.7. The summed E-state index contributed by atoms with van der Waals surface area (Å²) in [5, 5.41) is 2.06. The highest BCUT2D eigenvalue weighted by Gasteiger charge is 2.30. The van der Waals surface area contributed by atoms with Gasteiger partial charge in [-0.2, -0.15) is 0 Å². The van der Waals surface area contributed by atoms with Crippen LogP contribution in [0, 0.1) is 11.8 Å². The monoisotopic (exact) mass is 397 g/mol. The summed E-state index contributed by atoms with van der Waals surface area (Å²) in [6.45, 7) is 9.50. The molecule has 0 radical (unpaired) electrons. The van der Waals surface area contributed by atoms with Gasteiger partial charge in [0.1, 0.15) is 10.7 Å². The van der Waals surface area contributed by atoms with Crippen LogP contribution in [0.4, 0.5) is 0 Å². The van der Waals surface area contributed by atoms with Crippen molar-refractivity contribution in [3.63, 3.8) is 0 Å². The van der Waals surface area contributed by atoms with Crippen LogP contribution in [0.5, 0.6) is 0 Å². The third kappa shape index (κ3) is 6.93. The van der Waals surface area contributed by atoms with Gasteiger partial charge >= 0.3 is 5.97 Å². The number of ether oxygens (including phenoxy) is 1. The minimum Gasteiger partial charge on any atom is -0.455 e. The van der Waals surface area contributed by atoms with Crippen LogP contribution in [-0.4, -0.2) is 40.8 Å². The molecule has 0 saturated heterocycles. The number of rotatable bonds is 10. The van der Waals surface area contributed by atoms with Crippen LogP contribution < -0.4 is 5.73 Å². The van der Waals surface area contributed by atoms with Crippen molar-refractivity contribution in [1.82, 2.24) is 9.88 Å². The van der Waals surface area contributed by atoms with Gasteiger partial charge < -0.3 is 15.4 Å². The lowest BCUT2D eigenvalue weighted by Crippen LogP contribution is -2.42. The average Bonchev–Trinajstić information content (AvgIpc) is 3.07. The Morgan fingerprint density at radius 3 is 2.37 bits per heavy atom. The number of carbonyl (C=O) groups is 3. The maximum Gasteiger partial charge on any atom is 0.303 e. The first-order valence-corrected chi connectivity index (χ1v) is 10.1. The molecule has 0 aliphatic rings. The Labute approximate surface area is 165 Å². The summed E-state index contributed by atoms with van der Waals surface area (Å²) in [5.41, 5.74) is 5.42. The molecule has 1 heterocycles. The Balaban J connectivity index is 3.03. The van der Waals surface area contributed by atoms with Crippen LogP contribution in [0.1, 0.15) is 75.5 Å². The molecule has 0 aliphatic heterocycles. The van der Waals surface area contributed by atoms with Crippen molar-refractivity contribution in [1.29, 1.82) is 0 Å². The van der Waals surface area contributed by atoms with Crippen molar-refractivity contribution in [2.45, 2.75) is 66.0 Å². The fourth-order valence-corrected chi connectivity index (χ4v) is 3.66. The average molecular weight is 398 g/mol. The summed E-state index contributed by atoms with van der Waals surface area (Å²) in [7, 11) is 1.79. The third-order valence-electron chi connectivity index (χ3n) is 4.69. The van der Waals surface area contributed by atoms with Crippen LogP contribution in [0.2, 0.25) is 0 Å². The van der Waals surface area contributed by atoms with Gasteiger partial charge in [0.15, 0.2) is 6.10 Å². The second-order valence-corrected chi connectivity index (χ2v) is 8.19. The number of carbonyl (C=O) groups excluding carboxylic acids is 3. The molecule has 0 fully saturated rings. The van der Waals surface area contributed by atoms with E-state index in [0.717, 1.165) is 6.42 Å². The first kappa shape index (κ1) is 23.1. The number of nitrogens with zero attached hydrogens (tertiary/aromatic N) is 2. The lowest BCUT2D eigenvalue weighted by atomic mass is 9.95. The number of esters is 1. The van der Waals surface area contributed by atoms with Gasteiger partial charge in [0.2, 0.25) is 5.91 Å². The standard InChI is InChI=1S/C19H31N3O4S/c1-7-12(4)8-17(24)22(6)15(11(2)3)9-16(26-13(5)23)19-21-14(10-27-19)18(20)25/h10-12,15-16H,7-9H2,1-6H3,(H2,20,25)/t12?,15-,16-/m1/s1. The zero-order valence-corrected chi connectivity index (χ0v) is 17.8. The number of hydrogen-bond donors (Lipinski definition) is 1. The quantitative estimate of drug-likeness (QED) is 0.611. The van der Waals surface area contributed by atoms with E-state index in [1.807, 2.05) is 13.8 Å². The van der Waals surface area contributed by atoms with E-state index in [1.54, 1.807) is 17.3 Å². The van der Waals surface area contributed by atoms with Crippen molar-refractivity contribution in [3.8, 4) is 0 Å². The van der Waals surface area contributed by atoms with Gasteiger partial charge in [-0.05, 0) is 11.8 Å². The van der Waals surface area contributed by atoms with Crippen molar-refractivity contribution in [2.75, 3.05) is 7.05 Å². The molecule has 8 heteroatoms. The van der Waals surface area contributed by atoms with Gasteiger partial charge in [0.05, 0.1) is 0 Å². The van der Waals surface area contributed by atoms with E-state index >= 15 is 0 Å². The molecule has 0 aliphatic carbocycles. The Morgan fingerprint density at radius 2 is 1.93 bits per heavy atom. The van der Waals surface area contributed by atoms with E-state index in [1.165, 1.54) is 18.3 Å². The molecule has 152 valence electrons. The largest absolute Gasteiger partial charge is 0.455 e. The Kier molecular flexibility index (Phi) is 8.88. The number of hydrogen-bond acceptors (Lipinski definition) is 6. The molecule has 2 amide bonds. The van der Waals surface area contributed by atoms with Crippen molar-refractivity contribution >= 4 is 29.1 Å². The second-order valence-electron chi connectivity index (χ2n) is 7.30. The molecule has 1 unspecified atom stereocenters. The van der Waals surface area contributed by atoms with E-state index in [2.05, 4.69) is 18.8 Å². The minimum atomic E-state index is -0.633. The zero-order valence-electron chi connectivity index (χ0n) is 17.0. The first-order valence-electron chi connectivity index (χ1n) is 9.24. The van der Waals surface area contributed by atoms with Crippen LogP contribution in [0.3, 0.4) is 0 Å². The normalized spacial score (nSPS) is 14.5. The Hall–Kier alpha value is -1.96. The number of amides is 2.